The summed E-state index contributed by atoms with van der Waals surface area (Å²) in [4.78, 5) is 17.0. The van der Waals surface area contributed by atoms with Crippen LogP contribution in [0.4, 0.5) is 5.82 Å². The Bertz CT molecular complexity index is 885. The van der Waals surface area contributed by atoms with Crippen molar-refractivity contribution in [1.82, 2.24) is 15.2 Å². The maximum Gasteiger partial charge on any atom is 0.228 e. The van der Waals surface area contributed by atoms with Crippen molar-refractivity contribution in [3.63, 3.8) is 0 Å². The van der Waals surface area contributed by atoms with Gasteiger partial charge in [0.1, 0.15) is 0 Å². The molecule has 3 aromatic rings. The van der Waals surface area contributed by atoms with Gasteiger partial charge in [-0.3, -0.25) is 9.89 Å². The van der Waals surface area contributed by atoms with E-state index in [1.165, 1.54) is 0 Å². The minimum atomic E-state index is 0.0594. The molecule has 1 amide bonds. The fourth-order valence-electron chi connectivity index (χ4n) is 3.22. The summed E-state index contributed by atoms with van der Waals surface area (Å²) in [7, 11) is 0. The summed E-state index contributed by atoms with van der Waals surface area (Å²) >= 11 is 3.59. The zero-order chi connectivity index (χ0) is 16.5. The summed E-state index contributed by atoms with van der Waals surface area (Å²) in [5, 5.41) is 10.9. The number of hydrogen-bond acceptors (Lipinski definition) is 3. The van der Waals surface area contributed by atoms with Gasteiger partial charge in [-0.1, -0.05) is 43.2 Å². The second-order valence-electron chi connectivity index (χ2n) is 6.12. The highest BCUT2D eigenvalue weighted by atomic mass is 79.9. The number of nitrogens with one attached hydrogen (secondary N) is 2. The molecular weight excluding hydrogens is 368 g/mol. The molecule has 0 saturated heterocycles. The maximum absolute atomic E-state index is 12.3. The van der Waals surface area contributed by atoms with Gasteiger partial charge in [0.05, 0.1) is 11.1 Å². The van der Waals surface area contributed by atoms with Crippen LogP contribution in [0.2, 0.25) is 0 Å². The van der Waals surface area contributed by atoms with Crippen molar-refractivity contribution in [2.75, 3.05) is 5.32 Å². The van der Waals surface area contributed by atoms with Crippen LogP contribution >= 0.6 is 15.9 Å². The lowest BCUT2D eigenvalue weighted by atomic mass is 10.1. The van der Waals surface area contributed by atoms with E-state index in [2.05, 4.69) is 36.4 Å². The van der Waals surface area contributed by atoms with E-state index in [1.54, 1.807) is 0 Å². The van der Waals surface area contributed by atoms with Crippen LogP contribution < -0.4 is 5.32 Å². The van der Waals surface area contributed by atoms with Gasteiger partial charge >= 0.3 is 0 Å². The number of rotatable bonds is 3. The summed E-state index contributed by atoms with van der Waals surface area (Å²) in [6.45, 7) is 0. The number of H-pyrrole nitrogens is 1. The molecule has 0 spiro atoms. The van der Waals surface area contributed by atoms with Crippen molar-refractivity contribution in [1.29, 1.82) is 0 Å². The number of pyridine rings is 1. The summed E-state index contributed by atoms with van der Waals surface area (Å²) in [6, 6.07) is 11.9. The molecule has 5 nitrogen and oxygen atoms in total. The number of aromatic amines is 1. The molecule has 4 rings (SSSR count). The lowest BCUT2D eigenvalue weighted by Crippen LogP contribution is -2.20. The van der Waals surface area contributed by atoms with Gasteiger partial charge in [-0.15, -0.1) is 0 Å². The standard InChI is InChI=1S/C18H17BrN4O/c19-14-10-13-16(20-15(14)11-6-2-1-3-7-11)22-23-17(13)21-18(24)12-8-4-5-9-12/h1-3,6-7,10,12H,4-5,8-9H2,(H2,20,21,22,23,24). The van der Waals surface area contributed by atoms with E-state index in [4.69, 9.17) is 0 Å². The van der Waals surface area contributed by atoms with Gasteiger partial charge in [0, 0.05) is 16.0 Å². The predicted octanol–water partition coefficient (Wildman–Crippen LogP) is 4.52. The molecule has 0 aliphatic heterocycles. The molecule has 1 aliphatic carbocycles. The molecule has 2 heterocycles. The third-order valence-electron chi connectivity index (χ3n) is 4.52. The average Bonchev–Trinajstić information content (AvgIpc) is 3.26. The number of halogens is 1. The highest BCUT2D eigenvalue weighted by Gasteiger charge is 2.24. The molecule has 2 aromatic heterocycles. The van der Waals surface area contributed by atoms with Crippen molar-refractivity contribution in [2.24, 2.45) is 5.92 Å². The first-order chi connectivity index (χ1) is 11.7. The van der Waals surface area contributed by atoms with Gasteiger partial charge in [0.25, 0.3) is 0 Å². The maximum atomic E-state index is 12.3. The Kier molecular flexibility index (Phi) is 4.06. The molecular formula is C18H17BrN4O. The Hall–Kier alpha value is -2.21. The lowest BCUT2D eigenvalue weighted by molar-refractivity contribution is -0.119. The van der Waals surface area contributed by atoms with Crippen molar-refractivity contribution in [3.05, 3.63) is 40.9 Å². The molecule has 6 heteroatoms. The highest BCUT2D eigenvalue weighted by Crippen LogP contribution is 2.32. The van der Waals surface area contributed by atoms with Gasteiger partial charge in [-0.2, -0.15) is 5.10 Å². The van der Waals surface area contributed by atoms with Gasteiger partial charge in [-0.25, -0.2) is 4.98 Å². The number of hydrogen-bond donors (Lipinski definition) is 2. The number of benzene rings is 1. The molecule has 0 atom stereocenters. The third kappa shape index (κ3) is 2.82. The zero-order valence-corrected chi connectivity index (χ0v) is 14.6. The number of carbonyl (C=O) groups is 1. The van der Waals surface area contributed by atoms with Crippen LogP contribution in [0.5, 0.6) is 0 Å². The number of amides is 1. The number of aromatic nitrogens is 3. The Morgan fingerprint density at radius 1 is 1.21 bits per heavy atom. The average molecular weight is 385 g/mol. The fourth-order valence-corrected chi connectivity index (χ4v) is 3.77. The molecule has 0 unspecified atom stereocenters. The van der Waals surface area contributed by atoms with E-state index in [9.17, 15) is 4.79 Å². The van der Waals surface area contributed by atoms with Crippen LogP contribution in [0.3, 0.4) is 0 Å². The Balaban J connectivity index is 1.67. The van der Waals surface area contributed by atoms with Crippen molar-refractivity contribution in [2.45, 2.75) is 25.7 Å². The van der Waals surface area contributed by atoms with E-state index < -0.39 is 0 Å². The molecule has 0 radical (unpaired) electrons. The summed E-state index contributed by atoms with van der Waals surface area (Å²) in [5.74, 6) is 0.718. The Morgan fingerprint density at radius 3 is 2.71 bits per heavy atom. The third-order valence-corrected chi connectivity index (χ3v) is 5.12. The molecule has 1 fully saturated rings. The second kappa shape index (κ2) is 6.36. The quantitative estimate of drug-likeness (QED) is 0.697. The Labute approximate surface area is 148 Å². The van der Waals surface area contributed by atoms with E-state index in [0.717, 1.165) is 46.8 Å². The highest BCUT2D eigenvalue weighted by molar-refractivity contribution is 9.10. The smallest absolute Gasteiger partial charge is 0.228 e. The molecule has 2 N–H and O–H groups in total. The van der Waals surface area contributed by atoms with Crippen LogP contribution in [-0.2, 0) is 4.79 Å². The number of carbonyl (C=O) groups excluding carboxylic acids is 1. The molecule has 0 bridgehead atoms. The van der Waals surface area contributed by atoms with E-state index in [1.807, 2.05) is 36.4 Å². The lowest BCUT2D eigenvalue weighted by Gasteiger charge is -2.08. The van der Waals surface area contributed by atoms with Gasteiger partial charge in [0.2, 0.25) is 5.91 Å². The minimum absolute atomic E-state index is 0.0594. The first-order valence-corrected chi connectivity index (χ1v) is 8.92. The zero-order valence-electron chi connectivity index (χ0n) is 13.1. The largest absolute Gasteiger partial charge is 0.308 e. The van der Waals surface area contributed by atoms with E-state index in [0.29, 0.717) is 11.5 Å². The topological polar surface area (TPSA) is 70.7 Å². The second-order valence-corrected chi connectivity index (χ2v) is 6.98. The van der Waals surface area contributed by atoms with Gasteiger partial charge < -0.3 is 5.32 Å². The summed E-state index contributed by atoms with van der Waals surface area (Å²) < 4.78 is 0.874. The summed E-state index contributed by atoms with van der Waals surface area (Å²) in [6.07, 6.45) is 4.20. The molecule has 122 valence electrons. The Morgan fingerprint density at radius 2 is 1.96 bits per heavy atom. The monoisotopic (exact) mass is 384 g/mol. The molecule has 1 aromatic carbocycles. The van der Waals surface area contributed by atoms with Crippen LogP contribution in [0.25, 0.3) is 22.3 Å². The summed E-state index contributed by atoms with van der Waals surface area (Å²) in [5.41, 5.74) is 2.54. The van der Waals surface area contributed by atoms with Crippen LogP contribution in [0.1, 0.15) is 25.7 Å². The fraction of sp³-hybridized carbons (Fsp3) is 0.278. The normalized spacial score (nSPS) is 15.0. The van der Waals surface area contributed by atoms with E-state index in [-0.39, 0.29) is 11.8 Å². The van der Waals surface area contributed by atoms with Gasteiger partial charge in [-0.05, 0) is 34.8 Å². The predicted molar refractivity (Wildman–Crippen MR) is 97.6 cm³/mol. The molecule has 1 saturated carbocycles. The number of fused-ring (bicyclic) bond motifs is 1. The molecule has 24 heavy (non-hydrogen) atoms. The van der Waals surface area contributed by atoms with Crippen LogP contribution in [-0.4, -0.2) is 21.1 Å². The van der Waals surface area contributed by atoms with Gasteiger partial charge in [0.15, 0.2) is 11.5 Å². The first kappa shape index (κ1) is 15.3. The first-order valence-electron chi connectivity index (χ1n) is 8.13. The number of anilines is 1. The minimum Gasteiger partial charge on any atom is -0.308 e. The molecule has 1 aliphatic rings. The number of nitrogens with zero attached hydrogens (tertiary/aromatic N) is 2. The van der Waals surface area contributed by atoms with Crippen molar-refractivity contribution in [3.8, 4) is 11.3 Å². The SMILES string of the molecule is O=C(Nc1n[nH]c2nc(-c3ccccc3)c(Br)cc12)C1CCCC1. The van der Waals surface area contributed by atoms with Crippen LogP contribution in [0, 0.1) is 5.92 Å². The van der Waals surface area contributed by atoms with Crippen molar-refractivity contribution < 1.29 is 4.79 Å². The van der Waals surface area contributed by atoms with Crippen molar-refractivity contribution >= 4 is 38.7 Å². The van der Waals surface area contributed by atoms with E-state index >= 15 is 0 Å². The van der Waals surface area contributed by atoms with Crippen LogP contribution in [0.15, 0.2) is 40.9 Å².